The molecule has 0 aliphatic carbocycles. The SMILES string of the molecule is CN1C2CCC1CC(Oc1ccc3ncccc3c1)C2. The molecule has 0 amide bonds. The smallest absolute Gasteiger partial charge is 0.120 e. The zero-order chi connectivity index (χ0) is 13.5. The third-order valence-electron chi connectivity index (χ3n) is 4.93. The molecule has 0 N–H and O–H groups in total. The molecule has 2 unspecified atom stereocenters. The van der Waals surface area contributed by atoms with Gasteiger partial charge in [-0.15, -0.1) is 0 Å². The minimum absolute atomic E-state index is 0.373. The van der Waals surface area contributed by atoms with Crippen molar-refractivity contribution in [2.24, 2.45) is 0 Å². The van der Waals surface area contributed by atoms with E-state index < -0.39 is 0 Å². The van der Waals surface area contributed by atoms with E-state index >= 15 is 0 Å². The van der Waals surface area contributed by atoms with Gasteiger partial charge in [0.15, 0.2) is 0 Å². The normalized spacial score (nSPS) is 29.8. The maximum absolute atomic E-state index is 6.24. The average Bonchev–Trinajstić information content (AvgIpc) is 2.70. The third kappa shape index (κ3) is 2.06. The van der Waals surface area contributed by atoms with Crippen molar-refractivity contribution in [3.8, 4) is 5.75 Å². The largest absolute Gasteiger partial charge is 0.490 e. The van der Waals surface area contributed by atoms with Gasteiger partial charge in [0.05, 0.1) is 5.52 Å². The first-order valence-corrected chi connectivity index (χ1v) is 7.53. The number of hydrogen-bond donors (Lipinski definition) is 0. The zero-order valence-electron chi connectivity index (χ0n) is 11.8. The van der Waals surface area contributed by atoms with Gasteiger partial charge in [0.2, 0.25) is 0 Å². The summed E-state index contributed by atoms with van der Waals surface area (Å²) in [6, 6.07) is 11.7. The van der Waals surface area contributed by atoms with Crippen LogP contribution in [0.2, 0.25) is 0 Å². The van der Waals surface area contributed by atoms with Gasteiger partial charge < -0.3 is 9.64 Å². The van der Waals surface area contributed by atoms with E-state index in [9.17, 15) is 0 Å². The van der Waals surface area contributed by atoms with E-state index in [0.717, 1.165) is 41.6 Å². The molecule has 2 aliphatic rings. The lowest BCUT2D eigenvalue weighted by Gasteiger charge is -2.36. The summed E-state index contributed by atoms with van der Waals surface area (Å²) in [5.41, 5.74) is 1.03. The fourth-order valence-electron chi connectivity index (χ4n) is 3.78. The highest BCUT2D eigenvalue weighted by molar-refractivity contribution is 5.79. The molecule has 1 aromatic heterocycles. The Bertz CT molecular complexity index is 613. The zero-order valence-corrected chi connectivity index (χ0v) is 11.8. The van der Waals surface area contributed by atoms with Crippen LogP contribution in [-0.2, 0) is 0 Å². The minimum atomic E-state index is 0.373. The summed E-state index contributed by atoms with van der Waals surface area (Å²) in [4.78, 5) is 6.90. The van der Waals surface area contributed by atoms with Crippen molar-refractivity contribution in [2.75, 3.05) is 7.05 Å². The topological polar surface area (TPSA) is 25.4 Å². The van der Waals surface area contributed by atoms with Gasteiger partial charge in [-0.3, -0.25) is 4.98 Å². The van der Waals surface area contributed by atoms with Gasteiger partial charge >= 0.3 is 0 Å². The number of fused-ring (bicyclic) bond motifs is 3. The summed E-state index contributed by atoms with van der Waals surface area (Å²) in [6.07, 6.45) is 7.21. The maximum atomic E-state index is 6.24. The molecule has 2 aromatic rings. The number of benzene rings is 1. The second-order valence-electron chi connectivity index (χ2n) is 6.12. The predicted molar refractivity (Wildman–Crippen MR) is 80.0 cm³/mol. The molecular weight excluding hydrogens is 248 g/mol. The molecule has 2 fully saturated rings. The Morgan fingerprint density at radius 3 is 2.75 bits per heavy atom. The van der Waals surface area contributed by atoms with Crippen LogP contribution in [0.1, 0.15) is 25.7 Å². The summed E-state index contributed by atoms with van der Waals surface area (Å²) in [6.45, 7) is 0. The number of ether oxygens (including phenoxy) is 1. The maximum Gasteiger partial charge on any atom is 0.120 e. The molecule has 0 radical (unpaired) electrons. The summed E-state index contributed by atoms with van der Waals surface area (Å²) in [7, 11) is 2.26. The van der Waals surface area contributed by atoms with Crippen LogP contribution < -0.4 is 4.74 Å². The monoisotopic (exact) mass is 268 g/mol. The predicted octanol–water partition coefficient (Wildman–Crippen LogP) is 3.24. The molecule has 3 heteroatoms. The van der Waals surface area contributed by atoms with Crippen LogP contribution in [0.15, 0.2) is 36.5 Å². The Kier molecular flexibility index (Phi) is 2.88. The number of rotatable bonds is 2. The lowest BCUT2D eigenvalue weighted by atomic mass is 10.0. The van der Waals surface area contributed by atoms with Crippen LogP contribution in [0.4, 0.5) is 0 Å². The highest BCUT2D eigenvalue weighted by atomic mass is 16.5. The first-order valence-electron chi connectivity index (χ1n) is 7.53. The lowest BCUT2D eigenvalue weighted by molar-refractivity contribution is 0.0662. The Labute approximate surface area is 119 Å². The highest BCUT2D eigenvalue weighted by Gasteiger charge is 2.39. The van der Waals surface area contributed by atoms with Crippen molar-refractivity contribution in [1.82, 2.24) is 9.88 Å². The summed E-state index contributed by atoms with van der Waals surface area (Å²) in [5, 5.41) is 1.15. The van der Waals surface area contributed by atoms with E-state index in [1.807, 2.05) is 18.3 Å². The van der Waals surface area contributed by atoms with Crippen LogP contribution >= 0.6 is 0 Å². The molecule has 0 saturated carbocycles. The fourth-order valence-corrected chi connectivity index (χ4v) is 3.78. The van der Waals surface area contributed by atoms with Gasteiger partial charge in [-0.05, 0) is 57.0 Å². The first-order chi connectivity index (χ1) is 9.79. The van der Waals surface area contributed by atoms with Crippen molar-refractivity contribution < 1.29 is 4.74 Å². The Balaban J connectivity index is 1.53. The molecule has 2 aliphatic heterocycles. The number of aromatic nitrogens is 1. The Morgan fingerprint density at radius 2 is 1.95 bits per heavy atom. The molecule has 3 heterocycles. The molecule has 4 rings (SSSR count). The van der Waals surface area contributed by atoms with Gasteiger partial charge in [-0.25, -0.2) is 0 Å². The molecule has 2 saturated heterocycles. The minimum Gasteiger partial charge on any atom is -0.490 e. The van der Waals surface area contributed by atoms with Gasteiger partial charge in [0.25, 0.3) is 0 Å². The van der Waals surface area contributed by atoms with Crippen LogP contribution in [-0.4, -0.2) is 35.1 Å². The number of piperidine rings is 1. The number of nitrogens with zero attached hydrogens (tertiary/aromatic N) is 2. The van der Waals surface area contributed by atoms with Crippen LogP contribution in [0.3, 0.4) is 0 Å². The van der Waals surface area contributed by atoms with E-state index in [4.69, 9.17) is 4.74 Å². The molecule has 3 nitrogen and oxygen atoms in total. The van der Waals surface area contributed by atoms with E-state index in [1.165, 1.54) is 12.8 Å². The van der Waals surface area contributed by atoms with Gasteiger partial charge in [0.1, 0.15) is 11.9 Å². The Hall–Kier alpha value is -1.61. The van der Waals surface area contributed by atoms with E-state index in [1.54, 1.807) is 0 Å². The number of hydrogen-bond acceptors (Lipinski definition) is 3. The molecule has 2 bridgehead atoms. The van der Waals surface area contributed by atoms with Gasteiger partial charge in [-0.1, -0.05) is 6.07 Å². The van der Waals surface area contributed by atoms with Crippen molar-refractivity contribution >= 4 is 10.9 Å². The van der Waals surface area contributed by atoms with E-state index in [0.29, 0.717) is 6.10 Å². The second-order valence-corrected chi connectivity index (χ2v) is 6.12. The van der Waals surface area contributed by atoms with Crippen LogP contribution in [0.25, 0.3) is 10.9 Å². The van der Waals surface area contributed by atoms with Crippen LogP contribution in [0, 0.1) is 0 Å². The van der Waals surface area contributed by atoms with Crippen molar-refractivity contribution in [1.29, 1.82) is 0 Å². The quantitative estimate of drug-likeness (QED) is 0.836. The summed E-state index contributed by atoms with van der Waals surface area (Å²) in [5.74, 6) is 0.986. The van der Waals surface area contributed by atoms with E-state index in [2.05, 4.69) is 35.1 Å². The Morgan fingerprint density at radius 1 is 1.15 bits per heavy atom. The van der Waals surface area contributed by atoms with Crippen molar-refractivity contribution in [2.45, 2.75) is 43.9 Å². The summed E-state index contributed by atoms with van der Waals surface area (Å²) >= 11 is 0. The molecule has 104 valence electrons. The van der Waals surface area contributed by atoms with Crippen molar-refractivity contribution in [3.05, 3.63) is 36.5 Å². The lowest BCUT2D eigenvalue weighted by Crippen LogP contribution is -2.43. The van der Waals surface area contributed by atoms with Gasteiger partial charge in [-0.2, -0.15) is 0 Å². The molecule has 1 aromatic carbocycles. The molecule has 2 atom stereocenters. The van der Waals surface area contributed by atoms with Crippen molar-refractivity contribution in [3.63, 3.8) is 0 Å². The second kappa shape index (κ2) is 4.74. The third-order valence-corrected chi connectivity index (χ3v) is 4.93. The highest BCUT2D eigenvalue weighted by Crippen LogP contribution is 2.36. The molecular formula is C17H20N2O. The molecule has 20 heavy (non-hydrogen) atoms. The standard InChI is InChI=1S/C17H20N2O/c1-19-13-4-5-14(19)11-16(10-13)20-15-6-7-17-12(9-15)3-2-8-18-17/h2-3,6-9,13-14,16H,4-5,10-11H2,1H3. The summed E-state index contributed by atoms with van der Waals surface area (Å²) < 4.78 is 6.24. The van der Waals surface area contributed by atoms with Gasteiger partial charge in [0, 0.05) is 23.7 Å². The average molecular weight is 268 g/mol. The molecule has 0 spiro atoms. The first kappa shape index (κ1) is 12.2. The van der Waals surface area contributed by atoms with E-state index in [-0.39, 0.29) is 0 Å². The van der Waals surface area contributed by atoms with Crippen LogP contribution in [0.5, 0.6) is 5.75 Å². The fraction of sp³-hybridized carbons (Fsp3) is 0.471. The number of pyridine rings is 1.